The van der Waals surface area contributed by atoms with E-state index in [1.54, 1.807) is 66.6 Å². The number of nitrogens with zero attached hydrogens (tertiary/aromatic N) is 4. The molecule has 1 atom stereocenters. The third kappa shape index (κ3) is 4.88. The van der Waals surface area contributed by atoms with Gasteiger partial charge in [0.1, 0.15) is 11.2 Å². The van der Waals surface area contributed by atoms with Gasteiger partial charge >= 0.3 is 0 Å². The van der Waals surface area contributed by atoms with Crippen LogP contribution in [0.15, 0.2) is 88.5 Å². The molecule has 2 aliphatic rings. The molecule has 0 bridgehead atoms. The lowest BCUT2D eigenvalue weighted by Gasteiger charge is -2.28. The summed E-state index contributed by atoms with van der Waals surface area (Å²) in [5.41, 5.74) is 1.44. The monoisotopic (exact) mass is 588 g/mol. The second kappa shape index (κ2) is 11.0. The molecule has 0 saturated carbocycles. The average Bonchev–Trinajstić information content (AvgIpc) is 3.09. The number of anilines is 1. The number of fused-ring (bicyclic) bond motifs is 2. The van der Waals surface area contributed by atoms with Crippen LogP contribution in [-0.2, 0) is 20.2 Å². The number of methoxy groups -OCH3 is 1. The van der Waals surface area contributed by atoms with Crippen molar-refractivity contribution in [2.75, 3.05) is 18.6 Å². The summed E-state index contributed by atoms with van der Waals surface area (Å²) in [5.74, 6) is 0.296. The number of unbranched alkanes of at least 4 members (excludes halogenated alkanes) is 1. The van der Waals surface area contributed by atoms with E-state index in [-0.39, 0.29) is 22.8 Å². The summed E-state index contributed by atoms with van der Waals surface area (Å²) in [5, 5.41) is 15.5. The first-order valence-electron chi connectivity index (χ1n) is 13.2. The molecule has 0 radical (unpaired) electrons. The Morgan fingerprint density at radius 1 is 1.10 bits per heavy atom. The normalized spacial score (nSPS) is 18.5. The number of halogens is 1. The van der Waals surface area contributed by atoms with E-state index in [9.17, 15) is 18.5 Å². The molecule has 41 heavy (non-hydrogen) atoms. The Morgan fingerprint density at radius 3 is 2.44 bits per heavy atom. The lowest BCUT2D eigenvalue weighted by Crippen LogP contribution is -2.43. The van der Waals surface area contributed by atoms with E-state index < -0.39 is 15.4 Å². The summed E-state index contributed by atoms with van der Waals surface area (Å²) in [6.07, 6.45) is 2.75. The topological polar surface area (TPSA) is 103 Å². The fourth-order valence-corrected chi connectivity index (χ4v) is 6.59. The van der Waals surface area contributed by atoms with Crippen LogP contribution in [0.2, 0.25) is 5.02 Å². The minimum Gasteiger partial charge on any atom is -0.497 e. The number of hydrogen-bond acceptors (Lipinski definition) is 6. The van der Waals surface area contributed by atoms with Crippen molar-refractivity contribution < 1.29 is 17.9 Å². The number of rotatable bonds is 7. The Labute approximate surface area is 245 Å². The van der Waals surface area contributed by atoms with Crippen molar-refractivity contribution in [1.29, 1.82) is 5.26 Å². The van der Waals surface area contributed by atoms with Gasteiger partial charge in [-0.25, -0.2) is 0 Å². The van der Waals surface area contributed by atoms with E-state index in [1.807, 2.05) is 13.8 Å². The van der Waals surface area contributed by atoms with Crippen molar-refractivity contribution in [2.24, 2.45) is 5.10 Å². The second-order valence-corrected chi connectivity index (χ2v) is 12.3. The zero-order valence-corrected chi connectivity index (χ0v) is 24.5. The van der Waals surface area contributed by atoms with Gasteiger partial charge in [-0.2, -0.15) is 23.2 Å². The van der Waals surface area contributed by atoms with Crippen LogP contribution in [0.4, 0.5) is 5.69 Å². The molecule has 2 aliphatic heterocycles. The molecule has 3 aromatic carbocycles. The van der Waals surface area contributed by atoms with Gasteiger partial charge in [-0.1, -0.05) is 42.6 Å². The number of carbonyl (C=O) groups excluding carboxylic acids is 1. The first-order valence-corrected chi connectivity index (χ1v) is 15.0. The molecule has 8 nitrogen and oxygen atoms in total. The molecule has 0 saturated heterocycles. The summed E-state index contributed by atoms with van der Waals surface area (Å²) >= 11 is 6.46. The fourth-order valence-electron chi connectivity index (χ4n) is 5.27. The fraction of sp³-hybridized carbons (Fsp3) is 0.258. The van der Waals surface area contributed by atoms with E-state index in [0.29, 0.717) is 39.8 Å². The van der Waals surface area contributed by atoms with Crippen LogP contribution in [-0.4, -0.2) is 38.1 Å². The van der Waals surface area contributed by atoms with Crippen molar-refractivity contribution in [3.05, 3.63) is 100 Å². The molecule has 5 rings (SSSR count). The third-order valence-electron chi connectivity index (χ3n) is 7.51. The van der Waals surface area contributed by atoms with Gasteiger partial charge in [-0.3, -0.25) is 4.79 Å². The van der Waals surface area contributed by atoms with Crippen LogP contribution in [0.25, 0.3) is 0 Å². The number of sulfonamides is 1. The first kappa shape index (κ1) is 28.4. The molecule has 3 aromatic rings. The van der Waals surface area contributed by atoms with E-state index in [1.165, 1.54) is 18.3 Å². The zero-order chi connectivity index (χ0) is 29.4. The van der Waals surface area contributed by atoms with Gasteiger partial charge in [0.25, 0.3) is 10.0 Å². The molecule has 2 heterocycles. The Hall–Kier alpha value is -4.13. The van der Waals surface area contributed by atoms with Crippen LogP contribution >= 0.6 is 11.6 Å². The summed E-state index contributed by atoms with van der Waals surface area (Å²) in [6.45, 7) is 4.34. The number of amides is 1. The number of hydrogen-bond donors (Lipinski definition) is 0. The third-order valence-corrected chi connectivity index (χ3v) is 9.30. The van der Waals surface area contributed by atoms with Crippen LogP contribution < -0.4 is 9.64 Å². The standard InChI is InChI=1S/C31H29ClN4O4S/c1-4-5-16-35-29-15-10-24(32)17-27(29)31(30(35)37)18-28(22-8-11-25(40-3)12-9-22)34-36(20-23(31)19-33)41(38,39)26-13-6-21(2)7-14-26/h6-15,17,20H,4-5,16,18H2,1-3H3. The number of carbonyl (C=O) groups is 1. The number of aryl methyl sites for hydroxylation is 1. The maximum Gasteiger partial charge on any atom is 0.282 e. The van der Waals surface area contributed by atoms with E-state index in [0.717, 1.165) is 22.8 Å². The summed E-state index contributed by atoms with van der Waals surface area (Å²) in [7, 11) is -2.68. The highest BCUT2D eigenvalue weighted by molar-refractivity contribution is 7.89. The molecule has 1 unspecified atom stereocenters. The van der Waals surface area contributed by atoms with Crippen LogP contribution in [0.3, 0.4) is 0 Å². The van der Waals surface area contributed by atoms with Gasteiger partial charge in [-0.15, -0.1) is 0 Å². The number of ether oxygens (including phenoxy) is 1. The van der Waals surface area contributed by atoms with Crippen LogP contribution in [0, 0.1) is 18.3 Å². The minimum absolute atomic E-state index is 0.0104. The Balaban J connectivity index is 1.77. The molecule has 0 fully saturated rings. The molecule has 1 spiro atoms. The molecular weight excluding hydrogens is 560 g/mol. The van der Waals surface area contributed by atoms with Crippen LogP contribution in [0.5, 0.6) is 5.75 Å². The number of benzene rings is 3. The highest BCUT2D eigenvalue weighted by Gasteiger charge is 2.55. The molecule has 0 aromatic heterocycles. The number of nitriles is 1. The van der Waals surface area contributed by atoms with Crippen molar-refractivity contribution in [1.82, 2.24) is 4.41 Å². The molecule has 0 aliphatic carbocycles. The van der Waals surface area contributed by atoms with Gasteiger partial charge in [0, 0.05) is 23.7 Å². The smallest absolute Gasteiger partial charge is 0.282 e. The summed E-state index contributed by atoms with van der Waals surface area (Å²) in [6, 6.07) is 20.7. The maximum absolute atomic E-state index is 14.5. The van der Waals surface area contributed by atoms with Crippen molar-refractivity contribution in [3.63, 3.8) is 0 Å². The largest absolute Gasteiger partial charge is 0.497 e. The van der Waals surface area contributed by atoms with Crippen molar-refractivity contribution in [3.8, 4) is 11.8 Å². The molecule has 0 N–H and O–H groups in total. The summed E-state index contributed by atoms with van der Waals surface area (Å²) < 4.78 is 33.9. The zero-order valence-electron chi connectivity index (χ0n) is 23.0. The predicted octanol–water partition coefficient (Wildman–Crippen LogP) is 5.95. The second-order valence-electron chi connectivity index (χ2n) is 10.1. The molecule has 1 amide bonds. The van der Waals surface area contributed by atoms with Gasteiger partial charge in [0.2, 0.25) is 5.91 Å². The quantitative estimate of drug-likeness (QED) is 0.339. The lowest BCUT2D eigenvalue weighted by molar-refractivity contribution is -0.121. The van der Waals surface area contributed by atoms with Gasteiger partial charge in [-0.05, 0) is 79.1 Å². The van der Waals surface area contributed by atoms with Crippen LogP contribution in [0.1, 0.15) is 42.9 Å². The van der Waals surface area contributed by atoms with Gasteiger partial charge < -0.3 is 9.64 Å². The van der Waals surface area contributed by atoms with Gasteiger partial charge in [0.15, 0.2) is 0 Å². The molecular formula is C31H29ClN4O4S. The first-order chi connectivity index (χ1) is 19.6. The minimum atomic E-state index is -4.23. The van der Waals surface area contributed by atoms with Crippen molar-refractivity contribution in [2.45, 2.75) is 43.4 Å². The van der Waals surface area contributed by atoms with E-state index in [4.69, 9.17) is 16.3 Å². The summed E-state index contributed by atoms with van der Waals surface area (Å²) in [4.78, 5) is 16.2. The van der Waals surface area contributed by atoms with E-state index in [2.05, 4.69) is 11.2 Å². The molecule has 10 heteroatoms. The van der Waals surface area contributed by atoms with Crippen molar-refractivity contribution >= 4 is 38.9 Å². The lowest BCUT2D eigenvalue weighted by atomic mass is 9.71. The van der Waals surface area contributed by atoms with E-state index >= 15 is 0 Å². The van der Waals surface area contributed by atoms with Gasteiger partial charge in [0.05, 0.1) is 35.6 Å². The SMILES string of the molecule is CCCCN1C(=O)C2(CC(c3ccc(OC)cc3)=NN(S(=O)(=O)c3ccc(C)cc3)C=C2C#N)c2cc(Cl)ccc21. The maximum atomic E-state index is 14.5. The average molecular weight is 589 g/mol. The Morgan fingerprint density at radius 2 is 1.80 bits per heavy atom. The Kier molecular flexibility index (Phi) is 7.64. The predicted molar refractivity (Wildman–Crippen MR) is 158 cm³/mol. The Bertz CT molecular complexity index is 1710. The number of hydrazone groups is 1. The highest BCUT2D eigenvalue weighted by atomic mass is 35.5. The highest BCUT2D eigenvalue weighted by Crippen LogP contribution is 2.51. The molecule has 210 valence electrons.